The number of terminal acetylenes is 1. The molecule has 0 spiro atoms. The van der Waals surface area contributed by atoms with Crippen molar-refractivity contribution in [2.45, 2.75) is 30.5 Å². The van der Waals surface area contributed by atoms with Crippen molar-refractivity contribution in [3.63, 3.8) is 0 Å². The Morgan fingerprint density at radius 3 is 2.23 bits per heavy atom. The third kappa shape index (κ3) is 1.82. The molecule has 5 nitrogen and oxygen atoms in total. The molecule has 1 aliphatic heterocycles. The fraction of sp³-hybridized carbons (Fsp3) is 0.750. The summed E-state index contributed by atoms with van der Waals surface area (Å²) < 4.78 is 4.93. The van der Waals surface area contributed by atoms with Crippen LogP contribution in [0.4, 0.5) is 0 Å². The van der Waals surface area contributed by atoms with Gasteiger partial charge in [0.1, 0.15) is 30.5 Å². The highest BCUT2D eigenvalue weighted by Gasteiger charge is 2.42. The largest absolute Gasteiger partial charge is 0.394 e. The summed E-state index contributed by atoms with van der Waals surface area (Å²) in [6, 6.07) is 0. The van der Waals surface area contributed by atoms with E-state index in [0.717, 1.165) is 0 Å². The van der Waals surface area contributed by atoms with Crippen LogP contribution in [0.3, 0.4) is 0 Å². The molecule has 0 radical (unpaired) electrons. The molecule has 5 atom stereocenters. The first kappa shape index (κ1) is 10.4. The minimum atomic E-state index is -1.38. The van der Waals surface area contributed by atoms with E-state index in [4.69, 9.17) is 16.3 Å². The second-order valence-electron chi connectivity index (χ2n) is 2.92. The average molecular weight is 188 g/mol. The van der Waals surface area contributed by atoms with Crippen LogP contribution in [-0.4, -0.2) is 57.6 Å². The molecular weight excluding hydrogens is 176 g/mol. The Balaban J connectivity index is 2.73. The fourth-order valence-electron chi connectivity index (χ4n) is 1.24. The Kier molecular flexibility index (Phi) is 3.25. The molecule has 1 heterocycles. The zero-order valence-electron chi connectivity index (χ0n) is 6.87. The van der Waals surface area contributed by atoms with E-state index in [1.165, 1.54) is 0 Å². The fourth-order valence-corrected chi connectivity index (χ4v) is 1.24. The highest BCUT2D eigenvalue weighted by atomic mass is 16.5. The lowest BCUT2D eigenvalue weighted by Crippen LogP contribution is -2.58. The first-order chi connectivity index (χ1) is 6.11. The van der Waals surface area contributed by atoms with Crippen LogP contribution in [0.15, 0.2) is 0 Å². The van der Waals surface area contributed by atoms with Crippen LogP contribution in [0.1, 0.15) is 0 Å². The summed E-state index contributed by atoms with van der Waals surface area (Å²) in [7, 11) is 0. The Labute approximate surface area is 75.6 Å². The van der Waals surface area contributed by atoms with E-state index < -0.39 is 37.1 Å². The standard InChI is InChI=1S/C8H12O5/c1-2-4-6(10)8(12)7(11)5(3-9)13-4/h1,4-12H,3H2/t4-,5?,6-,7-,8-/m1/s1. The van der Waals surface area contributed by atoms with Crippen LogP contribution in [0.25, 0.3) is 0 Å². The van der Waals surface area contributed by atoms with Crippen LogP contribution in [-0.2, 0) is 4.74 Å². The van der Waals surface area contributed by atoms with Crippen molar-refractivity contribution in [2.24, 2.45) is 0 Å². The SMILES string of the molecule is C#C[C@H]1OC(CO)[C@@H](O)[C@H](O)[C@@H]1O. The maximum atomic E-state index is 9.26. The molecule has 0 saturated carbocycles. The number of hydrogen-bond donors (Lipinski definition) is 4. The zero-order valence-corrected chi connectivity index (χ0v) is 6.87. The maximum Gasteiger partial charge on any atom is 0.146 e. The van der Waals surface area contributed by atoms with Gasteiger partial charge in [0.15, 0.2) is 0 Å². The lowest BCUT2D eigenvalue weighted by molar-refractivity contribution is -0.214. The number of aliphatic hydroxyl groups is 4. The summed E-state index contributed by atoms with van der Waals surface area (Å²) in [5, 5.41) is 36.5. The summed E-state index contributed by atoms with van der Waals surface area (Å²) in [6.07, 6.45) is -0.941. The molecule has 4 N–H and O–H groups in total. The molecule has 0 aromatic heterocycles. The van der Waals surface area contributed by atoms with Crippen molar-refractivity contribution in [1.82, 2.24) is 0 Å². The van der Waals surface area contributed by atoms with Crippen molar-refractivity contribution in [3.05, 3.63) is 0 Å². The predicted molar refractivity (Wildman–Crippen MR) is 42.6 cm³/mol. The number of aliphatic hydroxyl groups excluding tert-OH is 4. The molecule has 0 aromatic rings. The summed E-state index contributed by atoms with van der Waals surface area (Å²) >= 11 is 0. The Morgan fingerprint density at radius 1 is 1.15 bits per heavy atom. The second kappa shape index (κ2) is 4.05. The lowest BCUT2D eigenvalue weighted by atomic mass is 9.96. The quantitative estimate of drug-likeness (QED) is 0.340. The minimum absolute atomic E-state index is 0.455. The van der Waals surface area contributed by atoms with Crippen LogP contribution < -0.4 is 0 Å². The Hall–Kier alpha value is -0.640. The molecule has 1 saturated heterocycles. The monoisotopic (exact) mass is 188 g/mol. The zero-order chi connectivity index (χ0) is 10.0. The van der Waals surface area contributed by atoms with Crippen molar-refractivity contribution in [3.8, 4) is 12.3 Å². The van der Waals surface area contributed by atoms with Crippen LogP contribution >= 0.6 is 0 Å². The van der Waals surface area contributed by atoms with Gasteiger partial charge in [-0.3, -0.25) is 0 Å². The minimum Gasteiger partial charge on any atom is -0.394 e. The van der Waals surface area contributed by atoms with Gasteiger partial charge in [-0.15, -0.1) is 6.42 Å². The molecule has 0 aromatic carbocycles. The maximum absolute atomic E-state index is 9.26. The summed E-state index contributed by atoms with van der Waals surface area (Å²) in [4.78, 5) is 0. The molecular formula is C8H12O5. The van der Waals surface area contributed by atoms with E-state index in [-0.39, 0.29) is 0 Å². The van der Waals surface area contributed by atoms with Gasteiger partial charge in [-0.25, -0.2) is 0 Å². The summed E-state index contributed by atoms with van der Waals surface area (Å²) in [6.45, 7) is -0.455. The van der Waals surface area contributed by atoms with Gasteiger partial charge < -0.3 is 25.2 Å². The van der Waals surface area contributed by atoms with E-state index in [0.29, 0.717) is 0 Å². The van der Waals surface area contributed by atoms with Crippen LogP contribution in [0.2, 0.25) is 0 Å². The van der Waals surface area contributed by atoms with E-state index >= 15 is 0 Å². The molecule has 0 aliphatic carbocycles. The van der Waals surface area contributed by atoms with Gasteiger partial charge in [-0.1, -0.05) is 5.92 Å². The first-order valence-electron chi connectivity index (χ1n) is 3.88. The molecule has 1 fully saturated rings. The summed E-state index contributed by atoms with van der Waals surface area (Å²) in [5.41, 5.74) is 0. The van der Waals surface area contributed by atoms with E-state index in [2.05, 4.69) is 5.92 Å². The predicted octanol–water partition coefficient (Wildman–Crippen LogP) is -2.54. The topological polar surface area (TPSA) is 90.2 Å². The van der Waals surface area contributed by atoms with Crippen molar-refractivity contribution in [1.29, 1.82) is 0 Å². The van der Waals surface area contributed by atoms with Gasteiger partial charge in [0.25, 0.3) is 0 Å². The molecule has 74 valence electrons. The van der Waals surface area contributed by atoms with Crippen LogP contribution in [0, 0.1) is 12.3 Å². The molecule has 1 aliphatic rings. The van der Waals surface area contributed by atoms with E-state index in [9.17, 15) is 15.3 Å². The third-order valence-corrected chi connectivity index (χ3v) is 2.06. The average Bonchev–Trinajstić information content (AvgIpc) is 2.15. The number of ether oxygens (including phenoxy) is 1. The smallest absolute Gasteiger partial charge is 0.146 e. The van der Waals surface area contributed by atoms with Gasteiger partial charge in [-0.2, -0.15) is 0 Å². The molecule has 1 unspecified atom stereocenters. The van der Waals surface area contributed by atoms with Gasteiger partial charge in [-0.05, 0) is 0 Å². The molecule has 13 heavy (non-hydrogen) atoms. The lowest BCUT2D eigenvalue weighted by Gasteiger charge is -2.37. The third-order valence-electron chi connectivity index (χ3n) is 2.06. The molecule has 5 heteroatoms. The molecule has 0 bridgehead atoms. The highest BCUT2D eigenvalue weighted by molar-refractivity contribution is 5.05. The second-order valence-corrected chi connectivity index (χ2v) is 2.92. The Morgan fingerprint density at radius 2 is 1.77 bits per heavy atom. The highest BCUT2D eigenvalue weighted by Crippen LogP contribution is 2.20. The van der Waals surface area contributed by atoms with Crippen molar-refractivity contribution < 1.29 is 25.2 Å². The van der Waals surface area contributed by atoms with E-state index in [1.54, 1.807) is 0 Å². The normalized spacial score (nSPS) is 45.6. The van der Waals surface area contributed by atoms with Gasteiger partial charge in [0, 0.05) is 0 Å². The Bertz CT molecular complexity index is 209. The van der Waals surface area contributed by atoms with Gasteiger partial charge >= 0.3 is 0 Å². The number of rotatable bonds is 1. The van der Waals surface area contributed by atoms with E-state index in [1.807, 2.05) is 0 Å². The van der Waals surface area contributed by atoms with Gasteiger partial charge in [0.05, 0.1) is 6.61 Å². The van der Waals surface area contributed by atoms with Crippen molar-refractivity contribution >= 4 is 0 Å². The van der Waals surface area contributed by atoms with Crippen molar-refractivity contribution in [2.75, 3.05) is 6.61 Å². The molecule has 1 rings (SSSR count). The van der Waals surface area contributed by atoms with Gasteiger partial charge in [0.2, 0.25) is 0 Å². The number of hydrogen-bond acceptors (Lipinski definition) is 5. The molecule has 0 amide bonds. The first-order valence-corrected chi connectivity index (χ1v) is 3.88. The van der Waals surface area contributed by atoms with Crippen LogP contribution in [0.5, 0.6) is 0 Å². The summed E-state index contributed by atoms with van der Waals surface area (Å²) in [5.74, 6) is 2.11.